The van der Waals surface area contributed by atoms with Crippen molar-refractivity contribution in [3.8, 4) is 11.5 Å². The van der Waals surface area contributed by atoms with E-state index in [1.807, 2.05) is 30.5 Å². The van der Waals surface area contributed by atoms with E-state index in [1.54, 1.807) is 31.4 Å². The van der Waals surface area contributed by atoms with E-state index in [4.69, 9.17) is 9.47 Å². The molecule has 7 nitrogen and oxygen atoms in total. The molecule has 0 saturated heterocycles. The highest BCUT2D eigenvalue weighted by atomic mass is 16.5. The molecule has 146 valence electrons. The van der Waals surface area contributed by atoms with E-state index in [0.29, 0.717) is 24.5 Å². The molecule has 3 rings (SSSR count). The largest absolute Gasteiger partial charge is 0.497 e. The standard InChI is InChI=1S/C21H23N3O4/c1-27-16-6-8-17(9-7-16)28-14-21(26)24-13-20(25)22-11-10-15-12-23-19-5-3-2-4-18(15)19/h2-9,12,23H,10-11,13-14H2,1H3,(H,22,25)(H,24,26). The number of carbonyl (C=O) groups excluding carboxylic acids is 2. The summed E-state index contributed by atoms with van der Waals surface area (Å²) in [5.74, 6) is 0.667. The second kappa shape index (κ2) is 9.45. The second-order valence-electron chi connectivity index (χ2n) is 6.20. The zero-order valence-electron chi connectivity index (χ0n) is 15.7. The molecule has 0 aliphatic heterocycles. The molecular formula is C21H23N3O4. The van der Waals surface area contributed by atoms with Crippen LogP contribution in [0.1, 0.15) is 5.56 Å². The van der Waals surface area contributed by atoms with Gasteiger partial charge in [-0.1, -0.05) is 18.2 Å². The molecule has 2 amide bonds. The van der Waals surface area contributed by atoms with Gasteiger partial charge in [0.25, 0.3) is 5.91 Å². The van der Waals surface area contributed by atoms with E-state index in [9.17, 15) is 9.59 Å². The predicted molar refractivity (Wildman–Crippen MR) is 107 cm³/mol. The molecule has 7 heteroatoms. The van der Waals surface area contributed by atoms with Crippen LogP contribution in [0.15, 0.2) is 54.7 Å². The third kappa shape index (κ3) is 5.26. The predicted octanol–water partition coefficient (Wildman–Crippen LogP) is 2.03. The summed E-state index contributed by atoms with van der Waals surface area (Å²) in [6.45, 7) is 0.256. The minimum atomic E-state index is -0.359. The molecule has 1 heterocycles. The van der Waals surface area contributed by atoms with Gasteiger partial charge in [-0.05, 0) is 42.3 Å². The number of nitrogens with one attached hydrogen (secondary N) is 3. The fourth-order valence-electron chi connectivity index (χ4n) is 2.79. The number of H-pyrrole nitrogens is 1. The number of aromatic amines is 1. The molecule has 0 radical (unpaired) electrons. The maximum absolute atomic E-state index is 11.9. The lowest BCUT2D eigenvalue weighted by Crippen LogP contribution is -2.39. The lowest BCUT2D eigenvalue weighted by atomic mass is 10.1. The van der Waals surface area contributed by atoms with Crippen molar-refractivity contribution in [2.75, 3.05) is 26.8 Å². The first kappa shape index (κ1) is 19.3. The molecule has 3 N–H and O–H groups in total. The summed E-state index contributed by atoms with van der Waals surface area (Å²) >= 11 is 0. The van der Waals surface area contributed by atoms with Gasteiger partial charge in [0, 0.05) is 23.6 Å². The number of amides is 2. The minimum absolute atomic E-state index is 0.0846. The molecular weight excluding hydrogens is 358 g/mol. The van der Waals surface area contributed by atoms with Crippen molar-refractivity contribution >= 4 is 22.7 Å². The summed E-state index contributed by atoms with van der Waals surface area (Å²) in [5, 5.41) is 6.50. The Balaban J connectivity index is 1.33. The van der Waals surface area contributed by atoms with Gasteiger partial charge in [-0.2, -0.15) is 0 Å². The Labute approximate surface area is 163 Å². The van der Waals surface area contributed by atoms with Crippen LogP contribution < -0.4 is 20.1 Å². The van der Waals surface area contributed by atoms with Crippen LogP contribution in [0.2, 0.25) is 0 Å². The van der Waals surface area contributed by atoms with Gasteiger partial charge in [-0.15, -0.1) is 0 Å². The summed E-state index contributed by atoms with van der Waals surface area (Å²) in [7, 11) is 1.58. The minimum Gasteiger partial charge on any atom is -0.497 e. The highest BCUT2D eigenvalue weighted by Gasteiger charge is 2.07. The van der Waals surface area contributed by atoms with Gasteiger partial charge >= 0.3 is 0 Å². The number of rotatable bonds is 9. The van der Waals surface area contributed by atoms with Crippen LogP contribution in [-0.4, -0.2) is 43.6 Å². The maximum Gasteiger partial charge on any atom is 0.258 e. The van der Waals surface area contributed by atoms with Crippen molar-refractivity contribution in [3.63, 3.8) is 0 Å². The normalized spacial score (nSPS) is 10.5. The molecule has 3 aromatic rings. The first-order valence-electron chi connectivity index (χ1n) is 9.01. The second-order valence-corrected chi connectivity index (χ2v) is 6.20. The van der Waals surface area contributed by atoms with Crippen molar-refractivity contribution < 1.29 is 19.1 Å². The smallest absolute Gasteiger partial charge is 0.258 e. The van der Waals surface area contributed by atoms with Gasteiger partial charge in [0.2, 0.25) is 5.91 Å². The molecule has 0 aliphatic rings. The molecule has 0 aliphatic carbocycles. The molecule has 0 saturated carbocycles. The third-order valence-corrected chi connectivity index (χ3v) is 4.27. The van der Waals surface area contributed by atoms with E-state index in [1.165, 1.54) is 0 Å². The Morgan fingerprint density at radius 3 is 2.50 bits per heavy atom. The topological polar surface area (TPSA) is 92.4 Å². The van der Waals surface area contributed by atoms with E-state index in [2.05, 4.69) is 15.6 Å². The number of hydrogen-bond acceptors (Lipinski definition) is 4. The molecule has 0 bridgehead atoms. The van der Waals surface area contributed by atoms with E-state index in [-0.39, 0.29) is 25.0 Å². The highest BCUT2D eigenvalue weighted by Crippen LogP contribution is 2.18. The fraction of sp³-hybridized carbons (Fsp3) is 0.238. The first-order chi connectivity index (χ1) is 13.7. The Morgan fingerprint density at radius 1 is 0.964 bits per heavy atom. The molecule has 0 spiro atoms. The lowest BCUT2D eigenvalue weighted by Gasteiger charge is -2.08. The van der Waals surface area contributed by atoms with Gasteiger partial charge in [0.05, 0.1) is 13.7 Å². The number of fused-ring (bicyclic) bond motifs is 1. The van der Waals surface area contributed by atoms with Crippen LogP contribution >= 0.6 is 0 Å². The van der Waals surface area contributed by atoms with Crippen LogP contribution in [0.25, 0.3) is 10.9 Å². The number of aromatic nitrogens is 1. The van der Waals surface area contributed by atoms with Crippen molar-refractivity contribution in [2.24, 2.45) is 0 Å². The SMILES string of the molecule is COc1ccc(OCC(=O)NCC(=O)NCCc2c[nH]c3ccccc23)cc1. The Kier molecular flexibility index (Phi) is 6.51. The number of methoxy groups -OCH3 is 1. The van der Waals surface area contributed by atoms with E-state index < -0.39 is 0 Å². The number of para-hydroxylation sites is 1. The lowest BCUT2D eigenvalue weighted by molar-refractivity contribution is -0.127. The van der Waals surface area contributed by atoms with Crippen molar-refractivity contribution in [2.45, 2.75) is 6.42 Å². The van der Waals surface area contributed by atoms with E-state index >= 15 is 0 Å². The molecule has 0 atom stereocenters. The van der Waals surface area contributed by atoms with Gasteiger partial charge < -0.3 is 25.1 Å². The quantitative estimate of drug-likeness (QED) is 0.529. The summed E-state index contributed by atoms with van der Waals surface area (Å²) in [6, 6.07) is 14.9. The average Bonchev–Trinajstić information content (AvgIpc) is 3.14. The summed E-state index contributed by atoms with van der Waals surface area (Å²) in [4.78, 5) is 26.9. The number of hydrogen-bond donors (Lipinski definition) is 3. The zero-order valence-corrected chi connectivity index (χ0v) is 15.7. The molecule has 28 heavy (non-hydrogen) atoms. The molecule has 0 fully saturated rings. The van der Waals surface area contributed by atoms with Crippen LogP contribution in [0.4, 0.5) is 0 Å². The Morgan fingerprint density at radius 2 is 1.71 bits per heavy atom. The molecule has 0 unspecified atom stereocenters. The third-order valence-electron chi connectivity index (χ3n) is 4.27. The van der Waals surface area contributed by atoms with Crippen LogP contribution in [0.3, 0.4) is 0 Å². The van der Waals surface area contributed by atoms with Gasteiger partial charge in [-0.3, -0.25) is 9.59 Å². The summed E-state index contributed by atoms with van der Waals surface area (Å²) < 4.78 is 10.4. The van der Waals surface area contributed by atoms with Crippen molar-refractivity contribution in [1.29, 1.82) is 0 Å². The average molecular weight is 381 g/mol. The number of carbonyl (C=O) groups is 2. The van der Waals surface area contributed by atoms with Crippen LogP contribution in [0, 0.1) is 0 Å². The molecule has 2 aromatic carbocycles. The van der Waals surface area contributed by atoms with Crippen LogP contribution in [0.5, 0.6) is 11.5 Å². The maximum atomic E-state index is 11.9. The number of benzene rings is 2. The Hall–Kier alpha value is -3.48. The van der Waals surface area contributed by atoms with Crippen molar-refractivity contribution in [3.05, 3.63) is 60.3 Å². The van der Waals surface area contributed by atoms with Crippen molar-refractivity contribution in [1.82, 2.24) is 15.6 Å². The summed E-state index contributed by atoms with van der Waals surface area (Å²) in [6.07, 6.45) is 2.67. The highest BCUT2D eigenvalue weighted by molar-refractivity contribution is 5.85. The van der Waals surface area contributed by atoms with Crippen LogP contribution in [-0.2, 0) is 16.0 Å². The summed E-state index contributed by atoms with van der Waals surface area (Å²) in [5.41, 5.74) is 2.22. The molecule has 1 aromatic heterocycles. The number of ether oxygens (including phenoxy) is 2. The van der Waals surface area contributed by atoms with Gasteiger partial charge in [0.1, 0.15) is 11.5 Å². The first-order valence-corrected chi connectivity index (χ1v) is 9.01. The van der Waals surface area contributed by atoms with E-state index in [0.717, 1.165) is 16.5 Å². The van der Waals surface area contributed by atoms with Gasteiger partial charge in [-0.25, -0.2) is 0 Å². The Bertz CT molecular complexity index is 934. The zero-order chi connectivity index (χ0) is 19.8. The fourth-order valence-corrected chi connectivity index (χ4v) is 2.79. The monoisotopic (exact) mass is 381 g/mol. The van der Waals surface area contributed by atoms with Gasteiger partial charge in [0.15, 0.2) is 6.61 Å².